The van der Waals surface area contributed by atoms with E-state index in [1.54, 1.807) is 5.57 Å². The second-order valence-corrected chi connectivity index (χ2v) is 5.77. The number of hydrogen-bond acceptors (Lipinski definition) is 1. The van der Waals surface area contributed by atoms with Crippen LogP contribution in [0.15, 0.2) is 29.8 Å². The quantitative estimate of drug-likeness (QED) is 0.731. The molecule has 0 saturated carbocycles. The third kappa shape index (κ3) is 3.61. The summed E-state index contributed by atoms with van der Waals surface area (Å²) in [5.41, 5.74) is 4.10. The van der Waals surface area contributed by atoms with E-state index in [0.717, 1.165) is 18.0 Å². The second-order valence-electron chi connectivity index (χ2n) is 5.37. The van der Waals surface area contributed by atoms with Crippen molar-refractivity contribution < 1.29 is 0 Å². The molecule has 1 aliphatic rings. The van der Waals surface area contributed by atoms with Crippen LogP contribution in [0.3, 0.4) is 0 Å². The second kappa shape index (κ2) is 7.12. The summed E-state index contributed by atoms with van der Waals surface area (Å²) in [6, 6.07) is 6.60. The van der Waals surface area contributed by atoms with E-state index in [9.17, 15) is 0 Å². The number of allylic oxidation sites excluding steroid dienone is 1. The molecule has 1 aromatic rings. The van der Waals surface area contributed by atoms with Crippen molar-refractivity contribution in [2.45, 2.75) is 52.0 Å². The monoisotopic (exact) mass is 277 g/mol. The van der Waals surface area contributed by atoms with Gasteiger partial charge in [0.1, 0.15) is 0 Å². The fourth-order valence-corrected chi connectivity index (χ4v) is 2.97. The van der Waals surface area contributed by atoms with E-state index < -0.39 is 0 Å². The third-order valence-corrected chi connectivity index (χ3v) is 4.33. The first kappa shape index (κ1) is 14.6. The maximum Gasteiger partial charge on any atom is 0.0539 e. The number of hydrogen-bond donors (Lipinski definition) is 1. The van der Waals surface area contributed by atoms with Crippen molar-refractivity contribution >= 4 is 11.6 Å². The molecule has 2 rings (SSSR count). The maximum atomic E-state index is 6.28. The molecule has 1 atom stereocenters. The zero-order valence-corrected chi connectivity index (χ0v) is 12.8. The lowest BCUT2D eigenvalue weighted by Crippen LogP contribution is -2.25. The lowest BCUT2D eigenvalue weighted by atomic mass is 9.88. The summed E-state index contributed by atoms with van der Waals surface area (Å²) < 4.78 is 0. The van der Waals surface area contributed by atoms with Crippen LogP contribution in [0.5, 0.6) is 0 Å². The van der Waals surface area contributed by atoms with Gasteiger partial charge < -0.3 is 5.32 Å². The largest absolute Gasteiger partial charge is 0.307 e. The summed E-state index contributed by atoms with van der Waals surface area (Å²) in [5, 5.41) is 4.57. The lowest BCUT2D eigenvalue weighted by Gasteiger charge is -2.26. The van der Waals surface area contributed by atoms with Gasteiger partial charge in [-0.2, -0.15) is 0 Å². The van der Waals surface area contributed by atoms with Gasteiger partial charge in [0, 0.05) is 5.02 Å². The minimum absolute atomic E-state index is 0.346. The number of nitrogens with one attached hydrogen (secondary N) is 1. The Balaban J connectivity index is 2.30. The number of benzene rings is 1. The molecule has 104 valence electrons. The average Bonchev–Trinajstić information content (AvgIpc) is 2.45. The molecule has 0 fully saturated rings. The van der Waals surface area contributed by atoms with Crippen molar-refractivity contribution in [3.05, 3.63) is 46.0 Å². The number of halogens is 1. The normalized spacial score (nSPS) is 17.1. The van der Waals surface area contributed by atoms with Crippen LogP contribution in [-0.2, 0) is 0 Å². The molecule has 0 amide bonds. The van der Waals surface area contributed by atoms with Crippen LogP contribution >= 0.6 is 11.6 Å². The van der Waals surface area contributed by atoms with Crippen LogP contribution in [-0.4, -0.2) is 6.54 Å². The van der Waals surface area contributed by atoms with Gasteiger partial charge in [0.25, 0.3) is 0 Å². The first-order chi connectivity index (χ1) is 9.24. The highest BCUT2D eigenvalue weighted by atomic mass is 35.5. The molecule has 1 N–H and O–H groups in total. The van der Waals surface area contributed by atoms with E-state index in [-0.39, 0.29) is 0 Å². The van der Waals surface area contributed by atoms with E-state index in [1.165, 1.54) is 36.8 Å². The van der Waals surface area contributed by atoms with Crippen molar-refractivity contribution in [2.75, 3.05) is 6.54 Å². The van der Waals surface area contributed by atoms with Crippen molar-refractivity contribution in [2.24, 2.45) is 0 Å². The molecule has 1 aromatic carbocycles. The zero-order valence-electron chi connectivity index (χ0n) is 12.0. The topological polar surface area (TPSA) is 12.0 Å². The average molecular weight is 278 g/mol. The molecule has 1 aliphatic carbocycles. The molecule has 0 aromatic heterocycles. The fourth-order valence-electron chi connectivity index (χ4n) is 2.79. The lowest BCUT2D eigenvalue weighted by molar-refractivity contribution is 0.545. The Kier molecular flexibility index (Phi) is 5.47. The molecule has 1 nitrogen and oxygen atoms in total. The highest BCUT2D eigenvalue weighted by Gasteiger charge is 2.19. The molecule has 1 unspecified atom stereocenters. The van der Waals surface area contributed by atoms with Gasteiger partial charge in [0.2, 0.25) is 0 Å². The number of rotatable bonds is 5. The predicted molar refractivity (Wildman–Crippen MR) is 83.8 cm³/mol. The molecule has 0 aliphatic heterocycles. The molecular formula is C17H24ClN. The minimum Gasteiger partial charge on any atom is -0.307 e. The molecule has 19 heavy (non-hydrogen) atoms. The van der Waals surface area contributed by atoms with Gasteiger partial charge in [-0.05, 0) is 62.8 Å². The van der Waals surface area contributed by atoms with Crippen molar-refractivity contribution in [1.82, 2.24) is 5.32 Å². The Labute approximate surface area is 122 Å². The Bertz CT molecular complexity index is 451. The molecule has 0 bridgehead atoms. The zero-order chi connectivity index (χ0) is 13.7. The van der Waals surface area contributed by atoms with E-state index in [1.807, 2.05) is 6.07 Å². The molecule has 2 heteroatoms. The Morgan fingerprint density at radius 1 is 1.32 bits per heavy atom. The van der Waals surface area contributed by atoms with Crippen molar-refractivity contribution in [3.63, 3.8) is 0 Å². The third-order valence-electron chi connectivity index (χ3n) is 3.92. The van der Waals surface area contributed by atoms with Gasteiger partial charge >= 0.3 is 0 Å². The van der Waals surface area contributed by atoms with Gasteiger partial charge in [-0.15, -0.1) is 0 Å². The molecule has 0 heterocycles. The summed E-state index contributed by atoms with van der Waals surface area (Å²) in [5.74, 6) is 0. The molecule has 0 radical (unpaired) electrons. The van der Waals surface area contributed by atoms with Crippen LogP contribution in [0.25, 0.3) is 0 Å². The van der Waals surface area contributed by atoms with Gasteiger partial charge in [-0.1, -0.05) is 42.3 Å². The Morgan fingerprint density at radius 2 is 2.16 bits per heavy atom. The summed E-state index contributed by atoms with van der Waals surface area (Å²) in [7, 11) is 0. The van der Waals surface area contributed by atoms with Crippen LogP contribution < -0.4 is 5.32 Å². The smallest absolute Gasteiger partial charge is 0.0539 e. The Morgan fingerprint density at radius 3 is 2.84 bits per heavy atom. The highest BCUT2D eigenvalue weighted by Crippen LogP contribution is 2.33. The van der Waals surface area contributed by atoms with E-state index in [2.05, 4.69) is 37.4 Å². The highest BCUT2D eigenvalue weighted by molar-refractivity contribution is 6.31. The summed E-state index contributed by atoms with van der Waals surface area (Å²) in [6.07, 6.45) is 8.67. The molecule has 0 saturated heterocycles. The summed E-state index contributed by atoms with van der Waals surface area (Å²) in [4.78, 5) is 0. The van der Waals surface area contributed by atoms with Crippen LogP contribution in [0.2, 0.25) is 5.02 Å². The first-order valence-corrected chi connectivity index (χ1v) is 7.79. The van der Waals surface area contributed by atoms with E-state index in [0.29, 0.717) is 6.04 Å². The van der Waals surface area contributed by atoms with Crippen LogP contribution in [0, 0.1) is 6.92 Å². The van der Waals surface area contributed by atoms with Crippen LogP contribution in [0.1, 0.15) is 56.2 Å². The molecular weight excluding hydrogens is 254 g/mol. The van der Waals surface area contributed by atoms with E-state index >= 15 is 0 Å². The maximum absolute atomic E-state index is 6.28. The van der Waals surface area contributed by atoms with Gasteiger partial charge in [0.15, 0.2) is 0 Å². The fraction of sp³-hybridized carbons (Fsp3) is 0.529. The van der Waals surface area contributed by atoms with Crippen molar-refractivity contribution in [1.29, 1.82) is 0 Å². The molecule has 0 spiro atoms. The van der Waals surface area contributed by atoms with Crippen molar-refractivity contribution in [3.8, 4) is 0 Å². The first-order valence-electron chi connectivity index (χ1n) is 7.41. The Hall–Kier alpha value is -0.790. The van der Waals surface area contributed by atoms with Gasteiger partial charge in [0.05, 0.1) is 6.04 Å². The summed E-state index contributed by atoms with van der Waals surface area (Å²) >= 11 is 6.28. The summed E-state index contributed by atoms with van der Waals surface area (Å²) in [6.45, 7) is 5.39. The minimum atomic E-state index is 0.346. The van der Waals surface area contributed by atoms with Crippen LogP contribution in [0.4, 0.5) is 0 Å². The predicted octanol–water partition coefficient (Wildman–Crippen LogP) is 5.19. The SMILES string of the molecule is CCCNC(C1=CCCCC1)c1cccc(Cl)c1C. The van der Waals surface area contributed by atoms with Gasteiger partial charge in [-0.25, -0.2) is 0 Å². The standard InChI is InChI=1S/C17H24ClN/c1-3-12-19-17(14-8-5-4-6-9-14)15-10-7-11-16(18)13(15)2/h7-8,10-11,17,19H,3-6,9,12H2,1-2H3. The van der Waals surface area contributed by atoms with Gasteiger partial charge in [-0.3, -0.25) is 0 Å². The van der Waals surface area contributed by atoms with E-state index in [4.69, 9.17) is 11.6 Å².